The Hall–Kier alpha value is -1.66. The van der Waals surface area contributed by atoms with Crippen molar-refractivity contribution in [2.24, 2.45) is 0 Å². The molecule has 20 heteroatoms. The summed E-state index contributed by atoms with van der Waals surface area (Å²) in [7, 11) is 2.78. The van der Waals surface area contributed by atoms with E-state index in [1.807, 2.05) is 42.3 Å². The van der Waals surface area contributed by atoms with Crippen LogP contribution in [0.15, 0.2) is 0 Å². The molecule has 18 nitrogen and oxygen atoms in total. The van der Waals surface area contributed by atoms with Crippen molar-refractivity contribution in [2.75, 3.05) is 95.0 Å². The standard InChI is InChI=1S/C56H108N2O16P2/c1-57(2,3)43-45-69-75(63,64)71-49-51-47-67-53(59)39-35-31-27-23-19-15-11-7-8-12-16-20-24-28-32-36-40-54(60)68-48-52(50-72-76(65,66)70-46-44-58(4,5)6)74-56(62)42-38-34-30-26-22-18-14-10-9-13-17-21-25-29-33-37-41-55(61)73-51/h51-52H,7-50H2,1-6H3/p+2/t51-,52-/m1/s1. The van der Waals surface area contributed by atoms with Crippen LogP contribution in [-0.4, -0.2) is 150 Å². The Morgan fingerprint density at radius 1 is 0.382 bits per heavy atom. The van der Waals surface area contributed by atoms with Crippen molar-refractivity contribution in [1.82, 2.24) is 0 Å². The van der Waals surface area contributed by atoms with E-state index in [-0.39, 0.29) is 52.1 Å². The van der Waals surface area contributed by atoms with Crippen LogP contribution in [0.25, 0.3) is 0 Å². The second kappa shape index (κ2) is 45.0. The molecule has 0 aromatic heterocycles. The fourth-order valence-corrected chi connectivity index (χ4v) is 10.0. The van der Waals surface area contributed by atoms with Crippen molar-refractivity contribution in [3.63, 3.8) is 0 Å². The normalized spacial score (nSPS) is 23.4. The molecule has 76 heavy (non-hydrogen) atoms. The van der Waals surface area contributed by atoms with Gasteiger partial charge >= 0.3 is 40.2 Å². The van der Waals surface area contributed by atoms with Crippen LogP contribution in [0.3, 0.4) is 0 Å². The highest BCUT2D eigenvalue weighted by atomic mass is 31.2. The molecule has 0 spiro atoms. The molecule has 1 aliphatic rings. The van der Waals surface area contributed by atoms with Crippen LogP contribution < -0.4 is 9.79 Å². The molecule has 448 valence electrons. The maximum Gasteiger partial charge on any atom is 0.377 e. The average molecular weight is 1130 g/mol. The van der Waals surface area contributed by atoms with Gasteiger partial charge < -0.3 is 37.7 Å². The lowest BCUT2D eigenvalue weighted by Crippen LogP contribution is -2.38. The number of likely N-dealkylation sites (N-methyl/N-ethyl adjacent to an activating group) is 2. The van der Waals surface area contributed by atoms with E-state index in [1.165, 1.54) is 89.9 Å². The maximum atomic E-state index is 12.8. The van der Waals surface area contributed by atoms with E-state index < -0.39 is 65.6 Å². The van der Waals surface area contributed by atoms with Gasteiger partial charge in [-0.3, -0.25) is 19.2 Å². The van der Waals surface area contributed by atoms with Gasteiger partial charge in [0.25, 0.3) is 0 Å². The molecule has 0 saturated carbocycles. The Bertz CT molecular complexity index is 1360. The van der Waals surface area contributed by atoms with Crippen LogP contribution in [0, 0.1) is 0 Å². The largest absolute Gasteiger partial charge is 0.606 e. The Kier molecular flexibility index (Phi) is 42.9. The molecule has 2 unspecified atom stereocenters. The van der Waals surface area contributed by atoms with Gasteiger partial charge in [0, 0.05) is 25.7 Å². The predicted molar refractivity (Wildman–Crippen MR) is 296 cm³/mol. The third-order valence-electron chi connectivity index (χ3n) is 13.4. The van der Waals surface area contributed by atoms with E-state index in [2.05, 4.69) is 0 Å². The van der Waals surface area contributed by atoms with E-state index in [9.17, 15) is 38.8 Å². The number of hydrogen-bond acceptors (Lipinski definition) is 16. The first-order chi connectivity index (χ1) is 36.1. The Balaban J connectivity index is 2.63. The van der Waals surface area contributed by atoms with Crippen molar-refractivity contribution in [3.05, 3.63) is 0 Å². The summed E-state index contributed by atoms with van der Waals surface area (Å²) in [6, 6.07) is 0. The van der Waals surface area contributed by atoms with Crippen LogP contribution in [0.1, 0.15) is 231 Å². The summed E-state index contributed by atoms with van der Waals surface area (Å²) in [4.78, 5) is 96.6. The van der Waals surface area contributed by atoms with Crippen molar-refractivity contribution in [2.45, 2.75) is 243 Å². The van der Waals surface area contributed by atoms with E-state index >= 15 is 0 Å². The minimum absolute atomic E-state index is 0.00617. The average Bonchev–Trinajstić information content (AvgIpc) is 3.33. The number of quaternary nitrogens is 2. The predicted octanol–water partition coefficient (Wildman–Crippen LogP) is 10.5. The van der Waals surface area contributed by atoms with Gasteiger partial charge in [0.05, 0.1) is 42.3 Å². The van der Waals surface area contributed by atoms with Crippen molar-refractivity contribution in [1.29, 1.82) is 0 Å². The zero-order chi connectivity index (χ0) is 56.2. The molecule has 0 bridgehead atoms. The molecule has 0 aromatic rings. The minimum Gasteiger partial charge on any atom is -0.606 e. The number of carbonyl (C=O) groups is 4. The lowest BCUT2D eigenvalue weighted by Gasteiger charge is -2.26. The van der Waals surface area contributed by atoms with E-state index in [0.717, 1.165) is 89.9 Å². The first kappa shape index (κ1) is 72.4. The molecular weight excluding hydrogens is 1020 g/mol. The third kappa shape index (κ3) is 49.4. The van der Waals surface area contributed by atoms with Crippen LogP contribution in [0.4, 0.5) is 0 Å². The van der Waals surface area contributed by atoms with E-state index in [4.69, 9.17) is 37.0 Å². The molecule has 1 rings (SSSR count). The van der Waals surface area contributed by atoms with Crippen molar-refractivity contribution >= 4 is 40.2 Å². The SMILES string of the molecule is C[N+](C)(C)CCO[P+]([O-])(O)OC[C@H]1COC(=O)CCCCCCCCCCCCCCCCCCC(=O)OC[C@H](CO[P+]([O-])(O)OCC[N+](C)(C)C)OC(=O)CCCCCCCCCCCCCCCCCCC(=O)O1. The number of nitrogens with zero attached hydrogens (tertiary/aromatic N) is 2. The van der Waals surface area contributed by atoms with Gasteiger partial charge in [-0.1, -0.05) is 180 Å². The van der Waals surface area contributed by atoms with Gasteiger partial charge in [0.15, 0.2) is 12.2 Å². The smallest absolute Gasteiger partial charge is 0.377 e. The zero-order valence-corrected chi connectivity index (χ0v) is 50.5. The summed E-state index contributed by atoms with van der Waals surface area (Å²) < 4.78 is 43.8. The molecule has 0 radical (unpaired) electrons. The molecule has 1 fully saturated rings. The summed E-state index contributed by atoms with van der Waals surface area (Å²) >= 11 is 0. The number of esters is 4. The molecule has 0 amide bonds. The summed E-state index contributed by atoms with van der Waals surface area (Å²) in [6.07, 6.45) is 32.8. The van der Waals surface area contributed by atoms with Gasteiger partial charge in [-0.25, -0.2) is 0 Å². The highest BCUT2D eigenvalue weighted by molar-refractivity contribution is 7.53. The van der Waals surface area contributed by atoms with Crippen LogP contribution in [0.5, 0.6) is 0 Å². The third-order valence-corrected chi connectivity index (χ3v) is 15.3. The van der Waals surface area contributed by atoms with Gasteiger partial charge in [0.2, 0.25) is 0 Å². The Labute approximate surface area is 461 Å². The van der Waals surface area contributed by atoms with Gasteiger partial charge in [-0.15, -0.1) is 0 Å². The number of rotatable bonds is 14. The molecule has 2 N–H and O–H groups in total. The van der Waals surface area contributed by atoms with Crippen LogP contribution in [-0.2, 0) is 56.2 Å². The Morgan fingerprint density at radius 3 is 0.816 bits per heavy atom. The Morgan fingerprint density at radius 2 is 0.592 bits per heavy atom. The highest BCUT2D eigenvalue weighted by Crippen LogP contribution is 2.48. The number of hydrogen-bond donors (Lipinski definition) is 2. The quantitative estimate of drug-likeness (QED) is 0.0713. The maximum absolute atomic E-state index is 12.8. The number of cyclic esters (lactones) is 4. The summed E-state index contributed by atoms with van der Waals surface area (Å²) in [6.45, 7) is -0.409. The lowest BCUT2D eigenvalue weighted by atomic mass is 10.0. The number of ether oxygens (including phenoxy) is 4. The van der Waals surface area contributed by atoms with E-state index in [1.54, 1.807) is 0 Å². The van der Waals surface area contributed by atoms with Crippen LogP contribution >= 0.6 is 16.3 Å². The van der Waals surface area contributed by atoms with Crippen LogP contribution in [0.2, 0.25) is 0 Å². The lowest BCUT2D eigenvalue weighted by molar-refractivity contribution is -0.870. The topological polar surface area (TPSA) is 229 Å². The molecule has 4 atom stereocenters. The molecule has 1 saturated heterocycles. The monoisotopic (exact) mass is 1130 g/mol. The first-order valence-electron chi connectivity index (χ1n) is 29.7. The highest BCUT2D eigenvalue weighted by Gasteiger charge is 2.33. The molecule has 1 aliphatic heterocycles. The fourth-order valence-electron chi connectivity index (χ4n) is 8.55. The second-order valence-electron chi connectivity index (χ2n) is 23.1. The second-order valence-corrected chi connectivity index (χ2v) is 26.0. The number of phosphoric acid groups is 2. The summed E-state index contributed by atoms with van der Waals surface area (Å²) in [5.74, 6) is -1.73. The minimum atomic E-state index is -4.42. The number of phosphoric ester groups is 2. The summed E-state index contributed by atoms with van der Waals surface area (Å²) in [5.41, 5.74) is 0. The molecule has 1 heterocycles. The number of carbonyl (C=O) groups excluding carboxylic acids is 4. The molecule has 0 aliphatic carbocycles. The fraction of sp³-hybridized carbons (Fsp3) is 0.929. The van der Waals surface area contributed by atoms with Gasteiger partial charge in [0.1, 0.15) is 52.7 Å². The van der Waals surface area contributed by atoms with Gasteiger partial charge in [-0.05, 0) is 25.7 Å². The first-order valence-corrected chi connectivity index (χ1v) is 32.7. The van der Waals surface area contributed by atoms with Gasteiger partial charge in [-0.2, -0.15) is 27.9 Å². The van der Waals surface area contributed by atoms with Crippen molar-refractivity contribution < 1.29 is 84.8 Å². The summed E-state index contributed by atoms with van der Waals surface area (Å²) in [5, 5.41) is 0. The molecule has 0 aromatic carbocycles. The molecular formula is C56H110N2O16P2+2. The van der Waals surface area contributed by atoms with E-state index in [0.29, 0.717) is 47.7 Å². The van der Waals surface area contributed by atoms with Crippen molar-refractivity contribution in [3.8, 4) is 0 Å². The zero-order valence-electron chi connectivity index (χ0n) is 48.7.